The molecule has 126 valence electrons. The van der Waals surface area contributed by atoms with Crippen molar-refractivity contribution in [1.29, 1.82) is 5.26 Å². The normalized spacial score (nSPS) is 10.6. The highest BCUT2D eigenvalue weighted by Gasteiger charge is 2.19. The third-order valence-electron chi connectivity index (χ3n) is 3.96. The van der Waals surface area contributed by atoms with Crippen LogP contribution in [0.3, 0.4) is 0 Å². The molecule has 0 aliphatic carbocycles. The van der Waals surface area contributed by atoms with Crippen LogP contribution in [-0.4, -0.2) is 17.0 Å². The van der Waals surface area contributed by atoms with Crippen molar-refractivity contribution in [2.45, 2.75) is 30.2 Å². The molecule has 4 nitrogen and oxygen atoms in total. The number of nitrogens with zero attached hydrogens (tertiary/aromatic N) is 2. The number of hydrogen-bond acceptors (Lipinski definition) is 4. The lowest BCUT2D eigenvalue weighted by Gasteiger charge is -2.04. The number of ether oxygens (including phenoxy) is 1. The van der Waals surface area contributed by atoms with E-state index in [0.29, 0.717) is 12.2 Å². The molecular formula is C20H18N2O2S. The first-order chi connectivity index (χ1) is 12.1. The Balaban J connectivity index is 2.12. The van der Waals surface area contributed by atoms with E-state index < -0.39 is 0 Å². The second-order valence-electron chi connectivity index (χ2n) is 5.59. The van der Waals surface area contributed by atoms with E-state index >= 15 is 0 Å². The van der Waals surface area contributed by atoms with Gasteiger partial charge in [0.1, 0.15) is 6.07 Å². The van der Waals surface area contributed by atoms with E-state index in [1.165, 1.54) is 0 Å². The molecule has 2 heterocycles. The number of fused-ring (bicyclic) bond motifs is 1. The van der Waals surface area contributed by atoms with Crippen LogP contribution in [0.4, 0.5) is 0 Å². The Kier molecular flexibility index (Phi) is 5.11. The molecule has 3 aromatic rings. The van der Waals surface area contributed by atoms with E-state index in [1.807, 2.05) is 53.9 Å². The summed E-state index contributed by atoms with van der Waals surface area (Å²) in [6.07, 6.45) is 2.05. The monoisotopic (exact) mass is 350 g/mol. The Morgan fingerprint density at radius 2 is 2.00 bits per heavy atom. The van der Waals surface area contributed by atoms with Crippen LogP contribution in [0.15, 0.2) is 58.6 Å². The van der Waals surface area contributed by atoms with Crippen LogP contribution in [0, 0.1) is 18.3 Å². The number of esters is 1. The minimum Gasteiger partial charge on any atom is -0.466 e. The molecule has 0 unspecified atom stereocenters. The minimum atomic E-state index is -0.237. The van der Waals surface area contributed by atoms with Crippen molar-refractivity contribution in [2.75, 3.05) is 6.61 Å². The van der Waals surface area contributed by atoms with Crippen LogP contribution in [0.1, 0.15) is 23.6 Å². The van der Waals surface area contributed by atoms with Crippen molar-refractivity contribution >= 4 is 23.2 Å². The van der Waals surface area contributed by atoms with Crippen LogP contribution in [0.2, 0.25) is 0 Å². The summed E-state index contributed by atoms with van der Waals surface area (Å²) in [5, 5.41) is 10.2. The van der Waals surface area contributed by atoms with Crippen LogP contribution >= 0.6 is 11.8 Å². The van der Waals surface area contributed by atoms with E-state index in [-0.39, 0.29) is 12.4 Å². The number of carbonyl (C=O) groups is 1. The summed E-state index contributed by atoms with van der Waals surface area (Å²) in [7, 11) is 0. The molecule has 0 saturated carbocycles. The molecule has 0 aliphatic rings. The third-order valence-corrected chi connectivity index (χ3v) is 5.17. The van der Waals surface area contributed by atoms with E-state index in [4.69, 9.17) is 4.74 Å². The molecule has 0 saturated heterocycles. The standard InChI is InChI=1S/C20H18N2O2S/c1-3-24-19(23)11-17-14(2)20(25-16-7-5-4-6-8-16)22-13-15(12-21)9-10-18(17)22/h4-10,13H,3,11H2,1-2H3. The van der Waals surface area contributed by atoms with Crippen LogP contribution in [0.5, 0.6) is 0 Å². The van der Waals surface area contributed by atoms with Crippen molar-refractivity contribution in [1.82, 2.24) is 4.40 Å². The molecule has 0 atom stereocenters. The van der Waals surface area contributed by atoms with Gasteiger partial charge >= 0.3 is 5.97 Å². The average Bonchev–Trinajstić information content (AvgIpc) is 2.88. The minimum absolute atomic E-state index is 0.227. The molecule has 2 aromatic heterocycles. The predicted molar refractivity (Wildman–Crippen MR) is 97.8 cm³/mol. The van der Waals surface area contributed by atoms with Crippen molar-refractivity contribution in [3.8, 4) is 6.07 Å². The molecule has 1 aromatic carbocycles. The molecule has 0 N–H and O–H groups in total. The number of benzene rings is 1. The maximum atomic E-state index is 12.0. The van der Waals surface area contributed by atoms with Crippen molar-refractivity contribution < 1.29 is 9.53 Å². The fraction of sp³-hybridized carbons (Fsp3) is 0.200. The SMILES string of the molecule is CCOC(=O)Cc1c(C)c(Sc2ccccc2)n2cc(C#N)ccc12. The maximum Gasteiger partial charge on any atom is 0.310 e. The van der Waals surface area contributed by atoms with Gasteiger partial charge in [0.05, 0.1) is 29.1 Å². The van der Waals surface area contributed by atoms with E-state index in [9.17, 15) is 10.1 Å². The summed E-state index contributed by atoms with van der Waals surface area (Å²) in [5.74, 6) is -0.237. The highest BCUT2D eigenvalue weighted by atomic mass is 32.2. The van der Waals surface area contributed by atoms with Crippen molar-refractivity contribution in [3.05, 3.63) is 65.4 Å². The first-order valence-corrected chi connectivity index (χ1v) is 8.87. The van der Waals surface area contributed by atoms with Gasteiger partial charge in [-0.25, -0.2) is 0 Å². The predicted octanol–water partition coefficient (Wildman–Crippen LogP) is 4.38. The van der Waals surface area contributed by atoms with Gasteiger partial charge < -0.3 is 9.14 Å². The van der Waals surface area contributed by atoms with Gasteiger partial charge in [-0.1, -0.05) is 30.0 Å². The van der Waals surface area contributed by atoms with Gasteiger partial charge in [0.2, 0.25) is 0 Å². The molecule has 3 rings (SSSR count). The highest BCUT2D eigenvalue weighted by molar-refractivity contribution is 7.99. The highest BCUT2D eigenvalue weighted by Crippen LogP contribution is 2.36. The quantitative estimate of drug-likeness (QED) is 0.641. The number of hydrogen-bond donors (Lipinski definition) is 0. The molecule has 0 fully saturated rings. The molecule has 5 heteroatoms. The fourth-order valence-electron chi connectivity index (χ4n) is 2.79. The number of pyridine rings is 1. The van der Waals surface area contributed by atoms with Crippen LogP contribution in [0.25, 0.3) is 5.52 Å². The van der Waals surface area contributed by atoms with E-state index in [2.05, 4.69) is 6.07 Å². The first kappa shape index (κ1) is 17.1. The Morgan fingerprint density at radius 1 is 1.24 bits per heavy atom. The third kappa shape index (κ3) is 3.54. The summed E-state index contributed by atoms with van der Waals surface area (Å²) in [4.78, 5) is 13.1. The van der Waals surface area contributed by atoms with Gasteiger partial charge in [0.25, 0.3) is 0 Å². The van der Waals surface area contributed by atoms with Gasteiger partial charge in [-0.15, -0.1) is 0 Å². The Labute approximate surface area is 151 Å². The molecule has 25 heavy (non-hydrogen) atoms. The smallest absolute Gasteiger partial charge is 0.310 e. The summed E-state index contributed by atoms with van der Waals surface area (Å²) >= 11 is 1.63. The van der Waals surface area contributed by atoms with Crippen molar-refractivity contribution in [3.63, 3.8) is 0 Å². The molecule has 0 radical (unpaired) electrons. The summed E-state index contributed by atoms with van der Waals surface area (Å²) in [5.41, 5.74) is 3.50. The maximum absolute atomic E-state index is 12.0. The van der Waals surface area contributed by atoms with Gasteiger partial charge in [-0.05, 0) is 49.2 Å². The molecule has 0 aliphatic heterocycles. The zero-order valence-electron chi connectivity index (χ0n) is 14.2. The van der Waals surface area contributed by atoms with E-state index in [1.54, 1.807) is 24.8 Å². The fourth-order valence-corrected chi connectivity index (χ4v) is 3.83. The number of rotatable bonds is 5. The molecule has 0 spiro atoms. The molecule has 0 amide bonds. The summed E-state index contributed by atoms with van der Waals surface area (Å²) < 4.78 is 7.11. The molecule has 0 bridgehead atoms. The lowest BCUT2D eigenvalue weighted by molar-refractivity contribution is -0.142. The summed E-state index contributed by atoms with van der Waals surface area (Å²) in [6, 6.07) is 15.9. The zero-order valence-corrected chi connectivity index (χ0v) is 15.0. The van der Waals surface area contributed by atoms with Crippen molar-refractivity contribution in [2.24, 2.45) is 0 Å². The lowest BCUT2D eigenvalue weighted by atomic mass is 10.1. The largest absolute Gasteiger partial charge is 0.466 e. The Bertz CT molecular complexity index is 955. The van der Waals surface area contributed by atoms with Gasteiger partial charge in [-0.2, -0.15) is 5.26 Å². The summed E-state index contributed by atoms with van der Waals surface area (Å²) in [6.45, 7) is 4.19. The second kappa shape index (κ2) is 7.45. The van der Waals surface area contributed by atoms with Crippen LogP contribution < -0.4 is 0 Å². The average molecular weight is 350 g/mol. The van der Waals surface area contributed by atoms with E-state index in [0.717, 1.165) is 26.6 Å². The molecular weight excluding hydrogens is 332 g/mol. The topological polar surface area (TPSA) is 54.5 Å². The Hall–Kier alpha value is -2.71. The lowest BCUT2D eigenvalue weighted by Crippen LogP contribution is -2.08. The Morgan fingerprint density at radius 3 is 2.68 bits per heavy atom. The van der Waals surface area contributed by atoms with Gasteiger partial charge in [-0.3, -0.25) is 4.79 Å². The number of carbonyl (C=O) groups excluding carboxylic acids is 1. The first-order valence-electron chi connectivity index (χ1n) is 8.06. The van der Waals surface area contributed by atoms with Gasteiger partial charge in [0, 0.05) is 11.1 Å². The van der Waals surface area contributed by atoms with Gasteiger partial charge in [0.15, 0.2) is 0 Å². The van der Waals surface area contributed by atoms with Crippen LogP contribution in [-0.2, 0) is 16.0 Å². The number of aromatic nitrogens is 1. The second-order valence-corrected chi connectivity index (χ2v) is 6.65. The zero-order chi connectivity index (χ0) is 17.8. The number of nitriles is 1.